The van der Waals surface area contributed by atoms with Gasteiger partial charge in [0.2, 0.25) is 0 Å². The molecule has 0 atom stereocenters. The van der Waals surface area contributed by atoms with Crippen molar-refractivity contribution < 1.29 is 9.53 Å². The molecule has 2 aromatic rings. The number of carbonyl (C=O) groups is 1. The first-order chi connectivity index (χ1) is 9.63. The van der Waals surface area contributed by atoms with Gasteiger partial charge < -0.3 is 10.1 Å². The van der Waals surface area contributed by atoms with Crippen LogP contribution in [0.3, 0.4) is 0 Å². The molecule has 104 valence electrons. The lowest BCUT2D eigenvalue weighted by molar-refractivity contribution is -0.123. The topological polar surface area (TPSA) is 38.3 Å². The summed E-state index contributed by atoms with van der Waals surface area (Å²) in [6.45, 7) is 4.61. The largest absolute Gasteiger partial charge is 0.484 e. The van der Waals surface area contributed by atoms with Crippen LogP contribution in [0, 0.1) is 13.8 Å². The number of rotatable bonds is 5. The van der Waals surface area contributed by atoms with Gasteiger partial charge in [-0.3, -0.25) is 4.79 Å². The van der Waals surface area contributed by atoms with Crippen LogP contribution in [-0.4, -0.2) is 12.5 Å². The summed E-state index contributed by atoms with van der Waals surface area (Å²) in [5.41, 5.74) is 3.45. The summed E-state index contributed by atoms with van der Waals surface area (Å²) >= 11 is 0. The van der Waals surface area contributed by atoms with E-state index in [-0.39, 0.29) is 12.5 Å². The van der Waals surface area contributed by atoms with Gasteiger partial charge >= 0.3 is 0 Å². The van der Waals surface area contributed by atoms with Crippen LogP contribution in [0.25, 0.3) is 0 Å². The number of hydrogen-bond donors (Lipinski definition) is 1. The van der Waals surface area contributed by atoms with Gasteiger partial charge in [-0.25, -0.2) is 0 Å². The summed E-state index contributed by atoms with van der Waals surface area (Å²) in [5, 5.41) is 2.84. The minimum Gasteiger partial charge on any atom is -0.484 e. The van der Waals surface area contributed by atoms with Crippen LogP contribution >= 0.6 is 0 Å². The number of aryl methyl sites for hydroxylation is 2. The maximum Gasteiger partial charge on any atom is 0.258 e. The smallest absolute Gasteiger partial charge is 0.258 e. The Morgan fingerprint density at radius 3 is 2.50 bits per heavy atom. The third-order valence-electron chi connectivity index (χ3n) is 2.96. The van der Waals surface area contributed by atoms with E-state index in [1.165, 1.54) is 11.1 Å². The predicted octanol–water partition coefficient (Wildman–Crippen LogP) is 3.00. The second-order valence-electron chi connectivity index (χ2n) is 4.87. The van der Waals surface area contributed by atoms with Crippen molar-refractivity contribution in [1.29, 1.82) is 0 Å². The number of benzene rings is 2. The van der Waals surface area contributed by atoms with E-state index in [0.29, 0.717) is 12.3 Å². The summed E-state index contributed by atoms with van der Waals surface area (Å²) in [5.74, 6) is 0.591. The van der Waals surface area contributed by atoms with E-state index in [1.54, 1.807) is 0 Å². The van der Waals surface area contributed by atoms with Gasteiger partial charge in [0.1, 0.15) is 5.75 Å². The molecule has 1 N–H and O–H groups in total. The van der Waals surface area contributed by atoms with Crippen molar-refractivity contribution in [3.63, 3.8) is 0 Å². The lowest BCUT2D eigenvalue weighted by atomic mass is 10.1. The highest BCUT2D eigenvalue weighted by Crippen LogP contribution is 2.11. The molecule has 3 nitrogen and oxygen atoms in total. The maximum absolute atomic E-state index is 11.7. The molecule has 3 heteroatoms. The summed E-state index contributed by atoms with van der Waals surface area (Å²) in [6, 6.07) is 15.7. The Labute approximate surface area is 119 Å². The highest BCUT2D eigenvalue weighted by molar-refractivity contribution is 5.77. The first-order valence-electron chi connectivity index (χ1n) is 6.65. The Hall–Kier alpha value is -2.29. The van der Waals surface area contributed by atoms with E-state index >= 15 is 0 Å². The lowest BCUT2D eigenvalue weighted by Gasteiger charge is -2.08. The standard InChI is InChI=1S/C17H19NO2/c1-13-6-8-16(9-7-13)20-12-17(19)18-11-15-5-3-4-14(2)10-15/h3-10H,11-12H2,1-2H3,(H,18,19). The normalized spacial score (nSPS) is 10.1. The zero-order valence-corrected chi connectivity index (χ0v) is 11.8. The molecule has 0 saturated carbocycles. The maximum atomic E-state index is 11.7. The van der Waals surface area contributed by atoms with Crippen LogP contribution in [0.5, 0.6) is 5.75 Å². The number of hydrogen-bond acceptors (Lipinski definition) is 2. The van der Waals surface area contributed by atoms with Gasteiger partial charge in [0.25, 0.3) is 5.91 Å². The molecular weight excluding hydrogens is 250 g/mol. The fourth-order valence-electron chi connectivity index (χ4n) is 1.86. The summed E-state index contributed by atoms with van der Waals surface area (Å²) < 4.78 is 5.42. The van der Waals surface area contributed by atoms with Crippen molar-refractivity contribution in [3.8, 4) is 5.75 Å². The first-order valence-corrected chi connectivity index (χ1v) is 6.65. The Morgan fingerprint density at radius 2 is 1.80 bits per heavy atom. The minimum atomic E-state index is -0.118. The molecule has 0 aliphatic rings. The predicted molar refractivity (Wildman–Crippen MR) is 79.7 cm³/mol. The highest BCUT2D eigenvalue weighted by atomic mass is 16.5. The molecule has 0 bridgehead atoms. The average Bonchev–Trinajstić information content (AvgIpc) is 2.45. The van der Waals surface area contributed by atoms with Gasteiger partial charge in [-0.05, 0) is 31.5 Å². The van der Waals surface area contributed by atoms with Crippen LogP contribution in [0.4, 0.5) is 0 Å². The molecule has 0 spiro atoms. The molecule has 0 heterocycles. The van der Waals surface area contributed by atoms with Crippen LogP contribution in [0.1, 0.15) is 16.7 Å². The number of amides is 1. The number of nitrogens with one attached hydrogen (secondary N) is 1. The van der Waals surface area contributed by atoms with Gasteiger partial charge in [0, 0.05) is 6.54 Å². The third kappa shape index (κ3) is 4.43. The van der Waals surface area contributed by atoms with E-state index in [1.807, 2.05) is 56.3 Å². The zero-order valence-electron chi connectivity index (χ0n) is 11.8. The lowest BCUT2D eigenvalue weighted by Crippen LogP contribution is -2.28. The van der Waals surface area contributed by atoms with Gasteiger partial charge in [-0.2, -0.15) is 0 Å². The summed E-state index contributed by atoms with van der Waals surface area (Å²) in [6.07, 6.45) is 0. The first kappa shape index (κ1) is 14.1. The molecule has 0 aromatic heterocycles. The van der Waals surface area contributed by atoms with Crippen LogP contribution in [-0.2, 0) is 11.3 Å². The van der Waals surface area contributed by atoms with Gasteiger partial charge in [-0.1, -0.05) is 47.5 Å². The molecule has 0 aliphatic carbocycles. The van der Waals surface area contributed by atoms with Crippen molar-refractivity contribution in [2.45, 2.75) is 20.4 Å². The molecule has 0 unspecified atom stereocenters. The van der Waals surface area contributed by atoms with E-state index < -0.39 is 0 Å². The molecule has 0 saturated heterocycles. The van der Waals surface area contributed by atoms with Crippen molar-refractivity contribution >= 4 is 5.91 Å². The second-order valence-corrected chi connectivity index (χ2v) is 4.87. The van der Waals surface area contributed by atoms with E-state index in [9.17, 15) is 4.79 Å². The van der Waals surface area contributed by atoms with Crippen molar-refractivity contribution in [2.24, 2.45) is 0 Å². The average molecular weight is 269 g/mol. The molecule has 0 fully saturated rings. The van der Waals surface area contributed by atoms with Crippen LogP contribution in [0.15, 0.2) is 48.5 Å². The van der Waals surface area contributed by atoms with Crippen molar-refractivity contribution in [2.75, 3.05) is 6.61 Å². The Morgan fingerprint density at radius 1 is 1.05 bits per heavy atom. The minimum absolute atomic E-state index is 0.0366. The van der Waals surface area contributed by atoms with E-state index in [4.69, 9.17) is 4.74 Å². The van der Waals surface area contributed by atoms with Gasteiger partial charge in [-0.15, -0.1) is 0 Å². The van der Waals surface area contributed by atoms with Crippen molar-refractivity contribution in [1.82, 2.24) is 5.32 Å². The Kier molecular flexibility index (Phi) is 4.77. The quantitative estimate of drug-likeness (QED) is 0.906. The molecule has 2 rings (SSSR count). The summed E-state index contributed by atoms with van der Waals surface area (Å²) in [4.78, 5) is 11.7. The molecule has 0 radical (unpaired) electrons. The molecule has 1 amide bonds. The zero-order chi connectivity index (χ0) is 14.4. The number of carbonyl (C=O) groups excluding carboxylic acids is 1. The molecule has 2 aromatic carbocycles. The monoisotopic (exact) mass is 269 g/mol. The Balaban J connectivity index is 1.77. The molecular formula is C17H19NO2. The molecule has 20 heavy (non-hydrogen) atoms. The molecule has 0 aliphatic heterocycles. The summed E-state index contributed by atoms with van der Waals surface area (Å²) in [7, 11) is 0. The highest BCUT2D eigenvalue weighted by Gasteiger charge is 2.03. The van der Waals surface area contributed by atoms with Crippen LogP contribution < -0.4 is 10.1 Å². The number of ether oxygens (including phenoxy) is 1. The van der Waals surface area contributed by atoms with E-state index in [0.717, 1.165) is 5.56 Å². The van der Waals surface area contributed by atoms with Gasteiger partial charge in [0.15, 0.2) is 6.61 Å². The fraction of sp³-hybridized carbons (Fsp3) is 0.235. The second kappa shape index (κ2) is 6.75. The fourth-order valence-corrected chi connectivity index (χ4v) is 1.86. The third-order valence-corrected chi connectivity index (χ3v) is 2.96. The van der Waals surface area contributed by atoms with Crippen molar-refractivity contribution in [3.05, 3.63) is 65.2 Å². The van der Waals surface area contributed by atoms with Gasteiger partial charge in [0.05, 0.1) is 0 Å². The van der Waals surface area contributed by atoms with E-state index in [2.05, 4.69) is 11.4 Å². The Bertz CT molecular complexity index is 576. The SMILES string of the molecule is Cc1ccc(OCC(=O)NCc2cccc(C)c2)cc1. The van der Waals surface area contributed by atoms with Crippen LogP contribution in [0.2, 0.25) is 0 Å².